The van der Waals surface area contributed by atoms with Crippen LogP contribution in [0, 0.1) is 0 Å². The van der Waals surface area contributed by atoms with E-state index in [2.05, 4.69) is 15.4 Å². The Bertz CT molecular complexity index is 607. The van der Waals surface area contributed by atoms with Gasteiger partial charge in [0.05, 0.1) is 6.61 Å². The van der Waals surface area contributed by atoms with Crippen LogP contribution in [-0.2, 0) is 23.9 Å². The van der Waals surface area contributed by atoms with Crippen LogP contribution in [0.25, 0.3) is 0 Å². The Morgan fingerprint density at radius 2 is 1.69 bits per heavy atom. The number of methoxy groups -OCH3 is 1. The Balaban J connectivity index is 2.12. The van der Waals surface area contributed by atoms with Gasteiger partial charge in [-0.25, -0.2) is 4.79 Å². The first-order valence-corrected chi connectivity index (χ1v) is 7.68. The SMILES string of the molecule is COCCNC(=O)NC(=O)COC(=O)CNC(=O)COc1ccccc1. The first kappa shape index (κ1) is 20.9. The van der Waals surface area contributed by atoms with E-state index in [0.29, 0.717) is 12.4 Å². The van der Waals surface area contributed by atoms with Crippen molar-refractivity contribution in [3.05, 3.63) is 30.3 Å². The summed E-state index contributed by atoms with van der Waals surface area (Å²) in [6.07, 6.45) is 0. The van der Waals surface area contributed by atoms with Gasteiger partial charge in [0.25, 0.3) is 11.8 Å². The van der Waals surface area contributed by atoms with Gasteiger partial charge in [-0.3, -0.25) is 19.7 Å². The van der Waals surface area contributed by atoms with Crippen molar-refractivity contribution in [3.8, 4) is 5.75 Å². The average Bonchev–Trinajstić information content (AvgIpc) is 2.64. The van der Waals surface area contributed by atoms with Crippen LogP contribution in [0.5, 0.6) is 5.75 Å². The Morgan fingerprint density at radius 1 is 0.962 bits per heavy atom. The quantitative estimate of drug-likeness (QED) is 0.364. The summed E-state index contributed by atoms with van der Waals surface area (Å²) in [5.41, 5.74) is 0. The molecule has 0 bridgehead atoms. The van der Waals surface area contributed by atoms with Crippen molar-refractivity contribution in [3.63, 3.8) is 0 Å². The van der Waals surface area contributed by atoms with Crippen LogP contribution >= 0.6 is 0 Å². The van der Waals surface area contributed by atoms with Crippen molar-refractivity contribution in [2.45, 2.75) is 0 Å². The number of carbonyl (C=O) groups is 4. The molecule has 10 nitrogen and oxygen atoms in total. The summed E-state index contributed by atoms with van der Waals surface area (Å²) >= 11 is 0. The lowest BCUT2D eigenvalue weighted by atomic mass is 10.3. The van der Waals surface area contributed by atoms with Crippen LogP contribution in [0.4, 0.5) is 4.79 Å². The summed E-state index contributed by atoms with van der Waals surface area (Å²) in [7, 11) is 1.47. The van der Waals surface area contributed by atoms with E-state index in [1.54, 1.807) is 24.3 Å². The fourth-order valence-corrected chi connectivity index (χ4v) is 1.56. The van der Waals surface area contributed by atoms with Crippen molar-refractivity contribution in [2.24, 2.45) is 0 Å². The highest BCUT2D eigenvalue weighted by Crippen LogP contribution is 2.07. The summed E-state index contributed by atoms with van der Waals surface area (Å²) in [6.45, 7) is -0.812. The zero-order valence-corrected chi connectivity index (χ0v) is 14.3. The molecule has 0 aliphatic rings. The number of imide groups is 1. The zero-order valence-electron chi connectivity index (χ0n) is 14.3. The van der Waals surface area contributed by atoms with Gasteiger partial charge in [-0.05, 0) is 12.1 Å². The molecule has 1 rings (SSSR count). The highest BCUT2D eigenvalue weighted by molar-refractivity contribution is 5.95. The van der Waals surface area contributed by atoms with E-state index in [4.69, 9.17) is 9.47 Å². The Hall–Kier alpha value is -3.14. The minimum atomic E-state index is -0.826. The second-order valence-electron chi connectivity index (χ2n) is 4.84. The summed E-state index contributed by atoms with van der Waals surface area (Å²) in [6, 6.07) is 7.97. The molecular weight excluding hydrogens is 346 g/mol. The lowest BCUT2D eigenvalue weighted by Crippen LogP contribution is -2.43. The van der Waals surface area contributed by atoms with Crippen molar-refractivity contribution < 1.29 is 33.4 Å². The summed E-state index contributed by atoms with van der Waals surface area (Å²) < 4.78 is 14.6. The summed E-state index contributed by atoms with van der Waals surface area (Å²) in [5, 5.41) is 6.62. The molecule has 0 unspecified atom stereocenters. The third-order valence-electron chi connectivity index (χ3n) is 2.75. The van der Waals surface area contributed by atoms with E-state index in [0.717, 1.165) is 0 Å². The predicted molar refractivity (Wildman–Crippen MR) is 89.3 cm³/mol. The second kappa shape index (κ2) is 12.3. The molecule has 0 fully saturated rings. The maximum Gasteiger partial charge on any atom is 0.325 e. The molecule has 1 aromatic carbocycles. The van der Waals surface area contributed by atoms with Gasteiger partial charge in [0.1, 0.15) is 12.3 Å². The van der Waals surface area contributed by atoms with Gasteiger partial charge in [-0.1, -0.05) is 18.2 Å². The normalized spacial score (nSPS) is 9.73. The van der Waals surface area contributed by atoms with E-state index >= 15 is 0 Å². The standard InChI is InChI=1S/C16H21N3O7/c1-24-8-7-17-16(23)19-14(21)11-26-15(22)9-18-13(20)10-25-12-5-3-2-4-6-12/h2-6H,7-11H2,1H3,(H,18,20)(H2,17,19,21,23). The first-order chi connectivity index (χ1) is 12.5. The van der Waals surface area contributed by atoms with E-state index in [1.165, 1.54) is 7.11 Å². The lowest BCUT2D eigenvalue weighted by Gasteiger charge is -2.08. The van der Waals surface area contributed by atoms with Gasteiger partial charge >= 0.3 is 12.0 Å². The number of hydrogen-bond acceptors (Lipinski definition) is 7. The number of rotatable bonds is 10. The third kappa shape index (κ3) is 9.88. The van der Waals surface area contributed by atoms with Gasteiger partial charge in [0.15, 0.2) is 13.2 Å². The van der Waals surface area contributed by atoms with Gasteiger partial charge in [0, 0.05) is 13.7 Å². The molecule has 0 atom stereocenters. The van der Waals surface area contributed by atoms with Gasteiger partial charge < -0.3 is 24.8 Å². The predicted octanol–water partition coefficient (Wildman–Crippen LogP) is -0.803. The Kier molecular flexibility index (Phi) is 9.85. The van der Waals surface area contributed by atoms with Crippen molar-refractivity contribution in [1.82, 2.24) is 16.0 Å². The maximum absolute atomic E-state index is 11.5. The van der Waals surface area contributed by atoms with Crippen LogP contribution in [0.1, 0.15) is 0 Å². The van der Waals surface area contributed by atoms with Crippen LogP contribution < -0.4 is 20.7 Å². The van der Waals surface area contributed by atoms with E-state index in [-0.39, 0.29) is 13.2 Å². The van der Waals surface area contributed by atoms with Crippen molar-refractivity contribution in [1.29, 1.82) is 0 Å². The van der Waals surface area contributed by atoms with Gasteiger partial charge in [-0.15, -0.1) is 0 Å². The minimum absolute atomic E-state index is 0.229. The number of esters is 1. The molecule has 142 valence electrons. The molecule has 3 N–H and O–H groups in total. The molecular formula is C16H21N3O7. The van der Waals surface area contributed by atoms with E-state index in [9.17, 15) is 19.2 Å². The fourth-order valence-electron chi connectivity index (χ4n) is 1.56. The molecule has 26 heavy (non-hydrogen) atoms. The first-order valence-electron chi connectivity index (χ1n) is 7.68. The molecule has 0 saturated carbocycles. The monoisotopic (exact) mass is 367 g/mol. The highest BCUT2D eigenvalue weighted by Gasteiger charge is 2.12. The molecule has 0 saturated heterocycles. The molecule has 10 heteroatoms. The Morgan fingerprint density at radius 3 is 2.38 bits per heavy atom. The van der Waals surface area contributed by atoms with Crippen molar-refractivity contribution >= 4 is 23.8 Å². The van der Waals surface area contributed by atoms with Crippen LogP contribution in [0.2, 0.25) is 0 Å². The van der Waals surface area contributed by atoms with Gasteiger partial charge in [0.2, 0.25) is 0 Å². The number of benzene rings is 1. The Labute approximate surface area is 150 Å². The zero-order chi connectivity index (χ0) is 19.2. The molecule has 0 aliphatic carbocycles. The van der Waals surface area contributed by atoms with Crippen LogP contribution in [0.3, 0.4) is 0 Å². The van der Waals surface area contributed by atoms with Crippen LogP contribution in [-0.4, -0.2) is 63.8 Å². The number of nitrogens with one attached hydrogen (secondary N) is 3. The van der Waals surface area contributed by atoms with Gasteiger partial charge in [-0.2, -0.15) is 0 Å². The number of hydrogen-bond donors (Lipinski definition) is 3. The number of ether oxygens (including phenoxy) is 3. The lowest BCUT2D eigenvalue weighted by molar-refractivity contribution is -0.148. The summed E-state index contributed by atoms with van der Waals surface area (Å²) in [4.78, 5) is 45.7. The smallest absolute Gasteiger partial charge is 0.325 e. The van der Waals surface area contributed by atoms with E-state index in [1.807, 2.05) is 11.4 Å². The largest absolute Gasteiger partial charge is 0.484 e. The molecule has 0 heterocycles. The number of urea groups is 1. The van der Waals surface area contributed by atoms with Crippen molar-refractivity contribution in [2.75, 3.05) is 40.0 Å². The highest BCUT2D eigenvalue weighted by atomic mass is 16.5. The molecule has 0 aliphatic heterocycles. The van der Waals surface area contributed by atoms with E-state index < -0.39 is 37.0 Å². The number of carbonyl (C=O) groups excluding carboxylic acids is 4. The topological polar surface area (TPSA) is 132 Å². The number of para-hydroxylation sites is 1. The number of amides is 4. The molecule has 0 aromatic heterocycles. The molecule has 0 spiro atoms. The summed E-state index contributed by atoms with van der Waals surface area (Å²) in [5.74, 6) is -1.63. The average molecular weight is 367 g/mol. The third-order valence-corrected chi connectivity index (χ3v) is 2.75. The maximum atomic E-state index is 11.5. The minimum Gasteiger partial charge on any atom is -0.484 e. The second-order valence-corrected chi connectivity index (χ2v) is 4.84. The fraction of sp³-hybridized carbons (Fsp3) is 0.375. The molecule has 1 aromatic rings. The molecule has 4 amide bonds. The molecule has 0 radical (unpaired) electrons. The van der Waals surface area contributed by atoms with Crippen LogP contribution in [0.15, 0.2) is 30.3 Å².